The van der Waals surface area contributed by atoms with E-state index in [9.17, 15) is 9.59 Å². The summed E-state index contributed by atoms with van der Waals surface area (Å²) in [7, 11) is 0. The van der Waals surface area contributed by atoms with Crippen LogP contribution in [0.2, 0.25) is 0 Å². The average molecular weight is 552 g/mol. The molecule has 2 atom stereocenters. The molecular weight excluding hydrogens is 518 g/mol. The molecule has 1 saturated heterocycles. The summed E-state index contributed by atoms with van der Waals surface area (Å²) in [5, 5.41) is 10.6. The first-order valence-corrected chi connectivity index (χ1v) is 13.9. The summed E-state index contributed by atoms with van der Waals surface area (Å²) in [4.78, 5) is 28.2. The molecule has 3 aliphatic heterocycles. The van der Waals surface area contributed by atoms with Crippen molar-refractivity contribution in [3.63, 3.8) is 0 Å². The third-order valence-electron chi connectivity index (χ3n) is 7.52. The lowest BCUT2D eigenvalue weighted by Crippen LogP contribution is -2.56. The number of carbonyl (C=O) groups is 2. The number of nitrogens with zero attached hydrogens (tertiary/aromatic N) is 3. The minimum Gasteiger partial charge on any atom is -0.488 e. The largest absolute Gasteiger partial charge is 0.488 e. The quantitative estimate of drug-likeness (QED) is 0.404. The molecule has 41 heavy (non-hydrogen) atoms. The number of amides is 2. The molecular formula is C32H33N5O4. The number of piperidine rings is 1. The van der Waals surface area contributed by atoms with Gasteiger partial charge in [0.25, 0.3) is 11.8 Å². The van der Waals surface area contributed by atoms with E-state index in [0.717, 1.165) is 41.1 Å². The molecule has 1 aromatic heterocycles. The molecule has 4 aromatic rings. The van der Waals surface area contributed by atoms with Crippen molar-refractivity contribution in [1.82, 2.24) is 25.3 Å². The lowest BCUT2D eigenvalue weighted by Gasteiger charge is -2.38. The van der Waals surface area contributed by atoms with E-state index in [4.69, 9.17) is 9.47 Å². The molecule has 210 valence electrons. The van der Waals surface area contributed by atoms with E-state index in [2.05, 4.69) is 20.6 Å². The number of ether oxygens (including phenoxy) is 2. The van der Waals surface area contributed by atoms with Gasteiger partial charge in [0, 0.05) is 43.5 Å². The third-order valence-corrected chi connectivity index (χ3v) is 7.52. The van der Waals surface area contributed by atoms with Crippen LogP contribution in [-0.2, 0) is 17.9 Å². The Balaban J connectivity index is 1.23. The fraction of sp³-hybridized carbons (Fsp3) is 0.281. The summed E-state index contributed by atoms with van der Waals surface area (Å²) in [6, 6.07) is 22.8. The predicted octanol–water partition coefficient (Wildman–Crippen LogP) is 3.64. The van der Waals surface area contributed by atoms with Crippen molar-refractivity contribution in [1.29, 1.82) is 0 Å². The van der Waals surface area contributed by atoms with Crippen molar-refractivity contribution in [2.24, 2.45) is 0 Å². The topological polar surface area (TPSA) is 97.7 Å². The van der Waals surface area contributed by atoms with E-state index in [1.807, 2.05) is 84.7 Å². The van der Waals surface area contributed by atoms with E-state index in [1.165, 1.54) is 0 Å². The van der Waals surface area contributed by atoms with Gasteiger partial charge in [-0.2, -0.15) is 5.10 Å². The minimum atomic E-state index is -0.246. The summed E-state index contributed by atoms with van der Waals surface area (Å²) in [6.45, 7) is 4.31. The molecule has 1 fully saturated rings. The Kier molecular flexibility index (Phi) is 7.69. The standard InChI is InChI=1S/C32H33N5O4/c1-22-7-10-25-15-30(22)40-21-31(38)33-16-23-8-11-27(12-9-23)41-29-13-14-36(20-28(29)35-32(25)39)18-24-17-34-37(19-24)26-5-3-2-4-6-26/h2-12,15,17,19,28-29H,13-14,16,18,20-21H2,1H3,(H,33,38)(H,35,39)/t28-,29-/m0/s1. The Hall–Kier alpha value is -4.63. The summed E-state index contributed by atoms with van der Waals surface area (Å²) in [5.74, 6) is 0.794. The van der Waals surface area contributed by atoms with E-state index >= 15 is 0 Å². The monoisotopic (exact) mass is 551 g/mol. The molecule has 2 N–H and O–H groups in total. The molecule has 7 rings (SSSR count). The number of aromatic nitrogens is 2. The first kappa shape index (κ1) is 26.6. The third kappa shape index (κ3) is 6.41. The first-order valence-electron chi connectivity index (χ1n) is 13.9. The van der Waals surface area contributed by atoms with Crippen molar-refractivity contribution >= 4 is 11.8 Å². The molecule has 9 nitrogen and oxygen atoms in total. The molecule has 4 heterocycles. The van der Waals surface area contributed by atoms with Gasteiger partial charge in [-0.15, -0.1) is 0 Å². The van der Waals surface area contributed by atoms with Crippen LogP contribution in [0.4, 0.5) is 0 Å². The zero-order valence-electron chi connectivity index (χ0n) is 23.0. The number of rotatable bonds is 3. The molecule has 0 aliphatic carbocycles. The second-order valence-electron chi connectivity index (χ2n) is 10.6. The molecule has 0 unspecified atom stereocenters. The maximum Gasteiger partial charge on any atom is 0.258 e. The molecule has 2 amide bonds. The van der Waals surface area contributed by atoms with Gasteiger partial charge in [0.1, 0.15) is 17.6 Å². The van der Waals surface area contributed by atoms with Crippen LogP contribution in [0, 0.1) is 6.92 Å². The van der Waals surface area contributed by atoms with Crippen molar-refractivity contribution in [3.05, 3.63) is 107 Å². The van der Waals surface area contributed by atoms with Crippen molar-refractivity contribution in [3.8, 4) is 17.2 Å². The predicted molar refractivity (Wildman–Crippen MR) is 154 cm³/mol. The number of benzene rings is 3. The summed E-state index contributed by atoms with van der Waals surface area (Å²) in [5.41, 5.74) is 4.40. The summed E-state index contributed by atoms with van der Waals surface area (Å²) in [6.07, 6.45) is 4.49. The van der Waals surface area contributed by atoms with E-state index in [1.54, 1.807) is 12.1 Å². The van der Waals surface area contributed by atoms with Crippen molar-refractivity contribution < 1.29 is 19.1 Å². The van der Waals surface area contributed by atoms with Gasteiger partial charge in [-0.25, -0.2) is 4.68 Å². The van der Waals surface area contributed by atoms with Gasteiger partial charge >= 0.3 is 0 Å². The number of likely N-dealkylation sites (tertiary alicyclic amines) is 1. The number of aryl methyl sites for hydroxylation is 1. The Morgan fingerprint density at radius 2 is 1.85 bits per heavy atom. The molecule has 9 heteroatoms. The smallest absolute Gasteiger partial charge is 0.258 e. The van der Waals surface area contributed by atoms with Crippen LogP contribution in [-0.4, -0.2) is 58.3 Å². The van der Waals surface area contributed by atoms with E-state index in [0.29, 0.717) is 30.9 Å². The maximum atomic E-state index is 13.5. The fourth-order valence-electron chi connectivity index (χ4n) is 5.25. The van der Waals surface area contributed by atoms with Crippen LogP contribution in [0.15, 0.2) is 85.2 Å². The number of para-hydroxylation sites is 1. The highest BCUT2D eigenvalue weighted by Gasteiger charge is 2.33. The number of carbonyl (C=O) groups excluding carboxylic acids is 2. The van der Waals surface area contributed by atoms with Crippen molar-refractivity contribution in [2.75, 3.05) is 19.7 Å². The molecule has 3 aromatic carbocycles. The number of hydrogen-bond acceptors (Lipinski definition) is 6. The Labute approximate surface area is 239 Å². The van der Waals surface area contributed by atoms with Gasteiger partial charge in [0.05, 0.1) is 17.9 Å². The van der Waals surface area contributed by atoms with E-state index in [-0.39, 0.29) is 30.6 Å². The van der Waals surface area contributed by atoms with Gasteiger partial charge < -0.3 is 20.1 Å². The average Bonchev–Trinajstić information content (AvgIpc) is 3.46. The maximum absolute atomic E-state index is 13.5. The van der Waals surface area contributed by atoms with Gasteiger partial charge in [-0.3, -0.25) is 14.5 Å². The second-order valence-corrected chi connectivity index (χ2v) is 10.6. The molecule has 3 aliphatic rings. The zero-order valence-corrected chi connectivity index (χ0v) is 23.0. The highest BCUT2D eigenvalue weighted by atomic mass is 16.5. The Morgan fingerprint density at radius 3 is 2.68 bits per heavy atom. The molecule has 4 bridgehead atoms. The Bertz CT molecular complexity index is 1520. The Morgan fingerprint density at radius 1 is 1.02 bits per heavy atom. The molecule has 0 spiro atoms. The van der Waals surface area contributed by atoms with Gasteiger partial charge in [-0.05, 0) is 60.9 Å². The molecule has 0 saturated carbocycles. The first-order chi connectivity index (χ1) is 20.0. The van der Waals surface area contributed by atoms with Gasteiger partial charge in [0.2, 0.25) is 0 Å². The normalized spacial score (nSPS) is 19.7. The van der Waals surface area contributed by atoms with Crippen molar-refractivity contribution in [2.45, 2.75) is 38.6 Å². The highest BCUT2D eigenvalue weighted by molar-refractivity contribution is 5.95. The van der Waals surface area contributed by atoms with Gasteiger partial charge in [0.15, 0.2) is 6.61 Å². The van der Waals surface area contributed by atoms with Crippen LogP contribution in [0.1, 0.15) is 33.5 Å². The van der Waals surface area contributed by atoms with Crippen LogP contribution < -0.4 is 20.1 Å². The summed E-state index contributed by atoms with van der Waals surface area (Å²) >= 11 is 0. The summed E-state index contributed by atoms with van der Waals surface area (Å²) < 4.78 is 14.1. The molecule has 0 radical (unpaired) electrons. The van der Waals surface area contributed by atoms with Crippen LogP contribution >= 0.6 is 0 Å². The number of fused-ring (bicyclic) bond motifs is 7. The lowest BCUT2D eigenvalue weighted by molar-refractivity contribution is -0.123. The number of nitrogens with one attached hydrogen (secondary N) is 2. The fourth-order valence-corrected chi connectivity index (χ4v) is 5.25. The lowest BCUT2D eigenvalue weighted by atomic mass is 10.0. The zero-order chi connectivity index (χ0) is 28.2. The minimum absolute atomic E-state index is 0.131. The second kappa shape index (κ2) is 11.9. The SMILES string of the molecule is Cc1ccc2cc1OCC(=O)NCc1ccc(cc1)O[C@H]1CCN(Cc3cnn(-c4ccccc4)c3)C[C@@H]1NC2=O. The van der Waals surface area contributed by atoms with Crippen LogP contribution in [0.3, 0.4) is 0 Å². The van der Waals surface area contributed by atoms with Crippen LogP contribution in [0.5, 0.6) is 11.5 Å². The highest BCUT2D eigenvalue weighted by Crippen LogP contribution is 2.24. The van der Waals surface area contributed by atoms with E-state index < -0.39 is 0 Å². The van der Waals surface area contributed by atoms with Gasteiger partial charge in [-0.1, -0.05) is 36.4 Å². The number of hydrogen-bond donors (Lipinski definition) is 2. The van der Waals surface area contributed by atoms with Crippen LogP contribution in [0.25, 0.3) is 5.69 Å².